The Morgan fingerprint density at radius 2 is 2.21 bits per heavy atom. The molecule has 24 heavy (non-hydrogen) atoms. The predicted molar refractivity (Wildman–Crippen MR) is 89.8 cm³/mol. The van der Waals surface area contributed by atoms with Crippen LogP contribution in [-0.4, -0.2) is 40.2 Å². The van der Waals surface area contributed by atoms with Crippen LogP contribution in [0.25, 0.3) is 0 Å². The second kappa shape index (κ2) is 7.61. The van der Waals surface area contributed by atoms with Crippen molar-refractivity contribution in [1.82, 2.24) is 25.3 Å². The second-order valence-corrected chi connectivity index (χ2v) is 6.44. The van der Waals surface area contributed by atoms with Crippen LogP contribution in [0.15, 0.2) is 16.9 Å². The van der Waals surface area contributed by atoms with E-state index in [1.807, 2.05) is 18.4 Å². The average molecular weight is 331 g/mol. The number of carbonyl (C=O) groups excluding carboxylic acids is 1. The molecule has 2 N–H and O–H groups in total. The minimum Gasteiger partial charge on any atom is -0.361 e. The smallest absolute Gasteiger partial charge is 0.273 e. The number of amides is 1. The molecular weight excluding hydrogens is 306 g/mol. The highest BCUT2D eigenvalue weighted by molar-refractivity contribution is 5.92. The van der Waals surface area contributed by atoms with Crippen LogP contribution in [0, 0.1) is 19.8 Å². The molecule has 0 aromatic carbocycles. The van der Waals surface area contributed by atoms with Gasteiger partial charge in [-0.05, 0) is 45.7 Å². The topological polar surface area (TPSA) is 85.0 Å². The molecule has 0 spiro atoms. The number of carbonyl (C=O) groups is 1. The number of hydrogen-bond donors (Lipinski definition) is 2. The van der Waals surface area contributed by atoms with Crippen LogP contribution < -0.4 is 10.6 Å². The average Bonchev–Trinajstić information content (AvgIpc) is 3.17. The van der Waals surface area contributed by atoms with Gasteiger partial charge in [0, 0.05) is 31.3 Å². The van der Waals surface area contributed by atoms with Gasteiger partial charge in [0.1, 0.15) is 5.76 Å². The van der Waals surface area contributed by atoms with Gasteiger partial charge in [0.05, 0.1) is 12.0 Å². The Morgan fingerprint density at radius 3 is 2.92 bits per heavy atom. The van der Waals surface area contributed by atoms with E-state index in [1.165, 1.54) is 0 Å². The first-order valence-electron chi connectivity index (χ1n) is 8.56. The molecule has 0 saturated carbocycles. The number of rotatable bonds is 6. The summed E-state index contributed by atoms with van der Waals surface area (Å²) in [5.41, 5.74) is 2.49. The summed E-state index contributed by atoms with van der Waals surface area (Å²) >= 11 is 0. The summed E-state index contributed by atoms with van der Waals surface area (Å²) in [6, 6.07) is 1.77. The van der Waals surface area contributed by atoms with E-state index < -0.39 is 0 Å². The lowest BCUT2D eigenvalue weighted by molar-refractivity contribution is 0.0943. The molecule has 0 unspecified atom stereocenters. The molecule has 7 heteroatoms. The van der Waals surface area contributed by atoms with Crippen molar-refractivity contribution in [2.75, 3.05) is 19.6 Å². The number of piperidine rings is 1. The molecular formula is C17H25N5O2. The van der Waals surface area contributed by atoms with Crippen LogP contribution >= 0.6 is 0 Å². The van der Waals surface area contributed by atoms with E-state index in [0.717, 1.165) is 49.5 Å². The van der Waals surface area contributed by atoms with Gasteiger partial charge < -0.3 is 19.7 Å². The molecule has 1 saturated heterocycles. The Bertz CT molecular complexity index is 685. The van der Waals surface area contributed by atoms with Crippen molar-refractivity contribution >= 4 is 5.91 Å². The number of nitrogens with zero attached hydrogens (tertiary/aromatic N) is 3. The fraction of sp³-hybridized carbons (Fsp3) is 0.588. The summed E-state index contributed by atoms with van der Waals surface area (Å²) in [5, 5.41) is 10.1. The van der Waals surface area contributed by atoms with Gasteiger partial charge in [0.15, 0.2) is 5.69 Å². The van der Waals surface area contributed by atoms with E-state index >= 15 is 0 Å². The third-order valence-electron chi connectivity index (χ3n) is 4.72. The van der Waals surface area contributed by atoms with E-state index in [0.29, 0.717) is 24.7 Å². The minimum atomic E-state index is -0.190. The first-order valence-corrected chi connectivity index (χ1v) is 8.56. The number of aromatic nitrogens is 3. The van der Waals surface area contributed by atoms with Crippen LogP contribution in [-0.2, 0) is 13.0 Å². The van der Waals surface area contributed by atoms with E-state index in [2.05, 4.69) is 20.8 Å². The highest BCUT2D eigenvalue weighted by atomic mass is 16.5. The first kappa shape index (κ1) is 16.7. The highest BCUT2D eigenvalue weighted by Gasteiger charge is 2.18. The molecule has 0 radical (unpaired) electrons. The van der Waals surface area contributed by atoms with E-state index in [1.54, 1.807) is 12.4 Å². The van der Waals surface area contributed by atoms with Gasteiger partial charge >= 0.3 is 0 Å². The van der Waals surface area contributed by atoms with Gasteiger partial charge in [-0.2, -0.15) is 0 Å². The standard InChI is InChI=1S/C17H25N5O2/c1-12-13(2)22(11-20-12)8-7-19-17(23)16-10-15(24-21-16)9-14-3-5-18-6-4-14/h10-11,14,18H,3-9H2,1-2H3,(H,19,23). The Kier molecular flexibility index (Phi) is 5.30. The third kappa shape index (κ3) is 4.03. The Hall–Kier alpha value is -2.15. The SMILES string of the molecule is Cc1ncn(CCNC(=O)c2cc(CC3CCNCC3)on2)c1C. The Labute approximate surface area is 141 Å². The number of imidazole rings is 1. The van der Waals surface area contributed by atoms with Crippen LogP contribution in [0.4, 0.5) is 0 Å². The maximum atomic E-state index is 12.2. The van der Waals surface area contributed by atoms with Gasteiger partial charge in [-0.15, -0.1) is 0 Å². The number of nitrogens with one attached hydrogen (secondary N) is 2. The minimum absolute atomic E-state index is 0.190. The molecule has 3 rings (SSSR count). The van der Waals surface area contributed by atoms with Crippen molar-refractivity contribution in [3.63, 3.8) is 0 Å². The summed E-state index contributed by atoms with van der Waals surface area (Å²) in [5.74, 6) is 1.22. The van der Waals surface area contributed by atoms with Crippen molar-refractivity contribution in [2.45, 2.75) is 39.7 Å². The fourth-order valence-corrected chi connectivity index (χ4v) is 3.04. The van der Waals surface area contributed by atoms with Crippen molar-refractivity contribution < 1.29 is 9.32 Å². The number of aryl methyl sites for hydroxylation is 1. The molecule has 0 bridgehead atoms. The number of hydrogen-bond acceptors (Lipinski definition) is 5. The summed E-state index contributed by atoms with van der Waals surface area (Å²) in [6.45, 7) is 7.33. The molecule has 2 aromatic rings. The monoisotopic (exact) mass is 331 g/mol. The summed E-state index contributed by atoms with van der Waals surface area (Å²) in [7, 11) is 0. The molecule has 1 fully saturated rings. The van der Waals surface area contributed by atoms with Gasteiger partial charge in [-0.1, -0.05) is 5.16 Å². The largest absolute Gasteiger partial charge is 0.361 e. The van der Waals surface area contributed by atoms with Crippen LogP contribution in [0.5, 0.6) is 0 Å². The molecule has 0 atom stereocenters. The Morgan fingerprint density at radius 1 is 1.42 bits per heavy atom. The zero-order valence-corrected chi connectivity index (χ0v) is 14.3. The van der Waals surface area contributed by atoms with Crippen LogP contribution in [0.3, 0.4) is 0 Å². The summed E-state index contributed by atoms with van der Waals surface area (Å²) < 4.78 is 7.36. The quantitative estimate of drug-likeness (QED) is 0.837. The van der Waals surface area contributed by atoms with Gasteiger partial charge in [0.2, 0.25) is 0 Å². The second-order valence-electron chi connectivity index (χ2n) is 6.44. The lowest BCUT2D eigenvalue weighted by atomic mass is 9.93. The van der Waals surface area contributed by atoms with Gasteiger partial charge in [-0.25, -0.2) is 4.98 Å². The molecule has 130 valence electrons. The molecule has 2 aromatic heterocycles. The van der Waals surface area contributed by atoms with Crippen LogP contribution in [0.1, 0.15) is 40.5 Å². The predicted octanol–water partition coefficient (Wildman–Crippen LogP) is 1.46. The van der Waals surface area contributed by atoms with E-state index in [4.69, 9.17) is 4.52 Å². The lowest BCUT2D eigenvalue weighted by Gasteiger charge is -2.21. The Balaban J connectivity index is 1.47. The molecule has 1 aliphatic rings. The van der Waals surface area contributed by atoms with Gasteiger partial charge in [0.25, 0.3) is 5.91 Å². The maximum absolute atomic E-state index is 12.2. The van der Waals surface area contributed by atoms with Crippen molar-refractivity contribution in [3.05, 3.63) is 35.2 Å². The zero-order chi connectivity index (χ0) is 16.9. The molecule has 1 aliphatic heterocycles. The first-order chi connectivity index (χ1) is 11.6. The zero-order valence-electron chi connectivity index (χ0n) is 14.3. The normalized spacial score (nSPS) is 15.6. The highest BCUT2D eigenvalue weighted by Crippen LogP contribution is 2.18. The fourth-order valence-electron chi connectivity index (χ4n) is 3.04. The summed E-state index contributed by atoms with van der Waals surface area (Å²) in [6.07, 6.45) is 4.94. The summed E-state index contributed by atoms with van der Waals surface area (Å²) in [4.78, 5) is 16.4. The van der Waals surface area contributed by atoms with Crippen molar-refractivity contribution in [2.24, 2.45) is 5.92 Å². The molecule has 3 heterocycles. The molecule has 7 nitrogen and oxygen atoms in total. The van der Waals surface area contributed by atoms with Crippen molar-refractivity contribution in [1.29, 1.82) is 0 Å². The lowest BCUT2D eigenvalue weighted by Crippen LogP contribution is -2.28. The van der Waals surface area contributed by atoms with Crippen LogP contribution in [0.2, 0.25) is 0 Å². The van der Waals surface area contributed by atoms with E-state index in [9.17, 15) is 4.79 Å². The maximum Gasteiger partial charge on any atom is 0.273 e. The third-order valence-corrected chi connectivity index (χ3v) is 4.72. The van der Waals surface area contributed by atoms with E-state index in [-0.39, 0.29) is 5.91 Å². The van der Waals surface area contributed by atoms with Crippen molar-refractivity contribution in [3.8, 4) is 0 Å². The molecule has 0 aliphatic carbocycles. The molecule has 1 amide bonds. The van der Waals surface area contributed by atoms with Gasteiger partial charge in [-0.3, -0.25) is 4.79 Å².